The van der Waals surface area contributed by atoms with Gasteiger partial charge in [-0.2, -0.15) is 0 Å². The van der Waals surface area contributed by atoms with Crippen molar-refractivity contribution in [3.63, 3.8) is 0 Å². The molecule has 0 aromatic carbocycles. The average molecular weight is 212 g/mol. The van der Waals surface area contributed by atoms with Gasteiger partial charge in [-0.25, -0.2) is 4.57 Å². The minimum absolute atomic E-state index is 0. The molecular weight excluding hydrogens is 204 g/mol. The van der Waals surface area contributed by atoms with E-state index in [0.29, 0.717) is 0 Å². The van der Waals surface area contributed by atoms with Gasteiger partial charge in [-0.3, -0.25) is 0 Å². The molecule has 0 saturated heterocycles. The van der Waals surface area contributed by atoms with Crippen LogP contribution in [0.5, 0.6) is 0 Å². The molecule has 0 rings (SSSR count). The summed E-state index contributed by atoms with van der Waals surface area (Å²) in [5.74, 6) is 0. The van der Waals surface area contributed by atoms with E-state index >= 15 is 0 Å². The predicted molar refractivity (Wildman–Crippen MR) is 25.6 cm³/mol. The van der Waals surface area contributed by atoms with Crippen LogP contribution in [0.15, 0.2) is 0 Å². The molecule has 0 atom stereocenters. The van der Waals surface area contributed by atoms with E-state index in [0.717, 1.165) is 0 Å². The van der Waals surface area contributed by atoms with Crippen molar-refractivity contribution in [2.24, 2.45) is 0 Å². The molecule has 0 aliphatic carbocycles. The molecule has 0 heterocycles. The van der Waals surface area contributed by atoms with Crippen LogP contribution in [-0.2, 0) is 4.57 Å². The monoisotopic (exact) mass is 212 g/mol. The van der Waals surface area contributed by atoms with Crippen molar-refractivity contribution < 1.29 is 115 Å². The van der Waals surface area contributed by atoms with Crippen LogP contribution in [0.1, 0.15) is 7.13 Å². The Balaban J connectivity index is -0.00000000222. The smallest absolute Gasteiger partial charge is 1.00 e. The van der Waals surface area contributed by atoms with Crippen molar-refractivity contribution in [3.05, 3.63) is 0 Å². The minimum Gasteiger partial charge on any atom is -1.00 e. The standard InChI is InChI=1S/Ca.3Na.H3O4P.5H/c;;;;1-5(2,3)4;;;;;/h;;;;(H3,1,2,3,4);;;;;/q+2;3*+1;;5*-1. The van der Waals surface area contributed by atoms with E-state index in [1.807, 2.05) is 0 Å². The van der Waals surface area contributed by atoms with Gasteiger partial charge in [0.25, 0.3) is 0 Å². The van der Waals surface area contributed by atoms with Crippen molar-refractivity contribution in [2.45, 2.75) is 0 Å². The fourth-order valence-corrected chi connectivity index (χ4v) is 0. The largest absolute Gasteiger partial charge is 2.00 e. The molecule has 0 fully saturated rings. The Hall–Kier alpha value is 4.37. The Morgan fingerprint density at radius 3 is 1.00 bits per heavy atom. The van der Waals surface area contributed by atoms with Gasteiger partial charge in [-0.1, -0.05) is 0 Å². The molecule has 0 amide bonds. The molecular formula is H8CaNa3O4P. The van der Waals surface area contributed by atoms with Crippen LogP contribution >= 0.6 is 7.82 Å². The fourth-order valence-electron chi connectivity index (χ4n) is 0. The quantitative estimate of drug-likeness (QED) is 0.275. The zero-order chi connectivity index (χ0) is 4.50. The summed E-state index contributed by atoms with van der Waals surface area (Å²) in [6, 6.07) is 0. The second-order valence-corrected chi connectivity index (χ2v) is 1.54. The number of phosphoric acid groups is 1. The SMILES string of the molecule is O=P(O)(O)O.[Ca+2].[H-].[H-].[H-].[H-].[H-].[Na+].[Na+].[Na+]. The predicted octanol–water partition coefficient (Wildman–Crippen LogP) is -9.73. The van der Waals surface area contributed by atoms with Gasteiger partial charge in [0.2, 0.25) is 0 Å². The van der Waals surface area contributed by atoms with Gasteiger partial charge >= 0.3 is 134 Å². The molecule has 42 valence electrons. The number of hydrogen-bond acceptors (Lipinski definition) is 1. The first kappa shape index (κ1) is 29.2. The van der Waals surface area contributed by atoms with E-state index in [4.69, 9.17) is 19.2 Å². The van der Waals surface area contributed by atoms with Crippen molar-refractivity contribution in [1.29, 1.82) is 0 Å². The maximum atomic E-state index is 8.88. The van der Waals surface area contributed by atoms with E-state index in [-0.39, 0.29) is 134 Å². The van der Waals surface area contributed by atoms with Gasteiger partial charge < -0.3 is 21.8 Å². The van der Waals surface area contributed by atoms with Crippen LogP contribution in [0, 0.1) is 0 Å². The first-order chi connectivity index (χ1) is 2.00. The van der Waals surface area contributed by atoms with Gasteiger partial charge in [-0.15, -0.1) is 0 Å². The number of hydrogen-bond donors (Lipinski definition) is 3. The molecule has 0 unspecified atom stereocenters. The van der Waals surface area contributed by atoms with E-state index in [2.05, 4.69) is 0 Å². The van der Waals surface area contributed by atoms with Crippen molar-refractivity contribution >= 4 is 45.6 Å². The maximum Gasteiger partial charge on any atom is 2.00 e. The van der Waals surface area contributed by atoms with Gasteiger partial charge in [-0.05, 0) is 0 Å². The molecule has 0 aliphatic heterocycles. The normalized spacial score (nSPS) is 6.56. The summed E-state index contributed by atoms with van der Waals surface area (Å²) in [5.41, 5.74) is 0. The van der Waals surface area contributed by atoms with Crippen molar-refractivity contribution in [3.8, 4) is 0 Å². The number of rotatable bonds is 0. The molecule has 0 aromatic heterocycles. The molecule has 0 aromatic rings. The van der Waals surface area contributed by atoms with E-state index < -0.39 is 7.82 Å². The molecule has 4 nitrogen and oxygen atoms in total. The fraction of sp³-hybridized carbons (Fsp3) is 0. The molecule has 0 spiro atoms. The second kappa shape index (κ2) is 14.9. The summed E-state index contributed by atoms with van der Waals surface area (Å²) >= 11 is 0. The summed E-state index contributed by atoms with van der Waals surface area (Å²) in [5, 5.41) is 0. The van der Waals surface area contributed by atoms with E-state index in [1.165, 1.54) is 0 Å². The van der Waals surface area contributed by atoms with Crippen LogP contribution in [-0.4, -0.2) is 52.4 Å². The third-order valence-corrected chi connectivity index (χ3v) is 0. The van der Waals surface area contributed by atoms with Crippen LogP contribution in [0.3, 0.4) is 0 Å². The topological polar surface area (TPSA) is 77.8 Å². The Morgan fingerprint density at radius 1 is 1.00 bits per heavy atom. The van der Waals surface area contributed by atoms with Crippen LogP contribution in [0.25, 0.3) is 0 Å². The molecule has 0 bridgehead atoms. The van der Waals surface area contributed by atoms with E-state index in [1.54, 1.807) is 0 Å². The Bertz CT molecular complexity index is 75.1. The van der Waals surface area contributed by atoms with Crippen molar-refractivity contribution in [2.75, 3.05) is 0 Å². The maximum absolute atomic E-state index is 8.88. The third-order valence-electron chi connectivity index (χ3n) is 0. The first-order valence-electron chi connectivity index (χ1n) is 0.783. The molecule has 0 saturated carbocycles. The summed E-state index contributed by atoms with van der Waals surface area (Å²) in [6.07, 6.45) is 0. The average Bonchev–Trinajstić information content (AvgIpc) is 0.722. The van der Waals surface area contributed by atoms with E-state index in [9.17, 15) is 0 Å². The summed E-state index contributed by atoms with van der Waals surface area (Å²) in [7, 11) is -4.64. The first-order valence-corrected chi connectivity index (χ1v) is 2.35. The Kier molecular flexibility index (Phi) is 48.3. The molecule has 9 heavy (non-hydrogen) atoms. The summed E-state index contributed by atoms with van der Waals surface area (Å²) in [6.45, 7) is 0. The minimum atomic E-state index is -4.64. The van der Waals surface area contributed by atoms with Crippen LogP contribution in [0.2, 0.25) is 0 Å². The zero-order valence-corrected chi connectivity index (χ0v) is 15.0. The molecule has 0 aliphatic rings. The van der Waals surface area contributed by atoms with Gasteiger partial charge in [0.05, 0.1) is 0 Å². The Morgan fingerprint density at radius 2 is 1.00 bits per heavy atom. The van der Waals surface area contributed by atoms with Gasteiger partial charge in [0.1, 0.15) is 0 Å². The van der Waals surface area contributed by atoms with Gasteiger partial charge in [0.15, 0.2) is 0 Å². The zero-order valence-electron chi connectivity index (χ0n) is 10.9. The van der Waals surface area contributed by atoms with Gasteiger partial charge in [0, 0.05) is 0 Å². The van der Waals surface area contributed by atoms with Crippen molar-refractivity contribution in [1.82, 2.24) is 0 Å². The molecule has 0 radical (unpaired) electrons. The summed E-state index contributed by atoms with van der Waals surface area (Å²) in [4.78, 5) is 21.6. The van der Waals surface area contributed by atoms with Crippen LogP contribution < -0.4 is 88.7 Å². The second-order valence-electron chi connectivity index (χ2n) is 0.513. The third kappa shape index (κ3) is 69.7. The summed E-state index contributed by atoms with van der Waals surface area (Å²) < 4.78 is 8.88. The Labute approximate surface area is 157 Å². The molecule has 9 heteroatoms. The van der Waals surface area contributed by atoms with Crippen LogP contribution in [0.4, 0.5) is 0 Å². The molecule has 3 N–H and O–H groups in total.